The van der Waals surface area contributed by atoms with E-state index in [1.165, 1.54) is 6.20 Å². The van der Waals surface area contributed by atoms with E-state index in [-0.39, 0.29) is 5.97 Å². The van der Waals surface area contributed by atoms with Crippen molar-refractivity contribution < 1.29 is 9.53 Å². The number of hydrogen-bond donors (Lipinski definition) is 0. The van der Waals surface area contributed by atoms with E-state index in [1.54, 1.807) is 10.9 Å². The molecule has 2 rings (SSSR count). The normalized spacial score (nSPS) is 10.2. The molecule has 0 N–H and O–H groups in total. The van der Waals surface area contributed by atoms with Gasteiger partial charge in [-0.05, 0) is 18.6 Å². The van der Waals surface area contributed by atoms with Crippen molar-refractivity contribution in [1.82, 2.24) is 9.78 Å². The van der Waals surface area contributed by atoms with Gasteiger partial charge in [-0.2, -0.15) is 5.10 Å². The zero-order chi connectivity index (χ0) is 12.1. The van der Waals surface area contributed by atoms with Crippen molar-refractivity contribution in [3.63, 3.8) is 0 Å². The predicted octanol–water partition coefficient (Wildman–Crippen LogP) is 2.44. The number of rotatable bonds is 4. The molecule has 0 aliphatic heterocycles. The average Bonchev–Trinajstić information content (AvgIpc) is 2.86. The molecule has 88 valence electrons. The highest BCUT2D eigenvalue weighted by Crippen LogP contribution is 2.08. The van der Waals surface area contributed by atoms with Crippen LogP contribution < -0.4 is 0 Å². The monoisotopic (exact) mass is 230 g/mol. The van der Waals surface area contributed by atoms with Crippen LogP contribution in [0.5, 0.6) is 0 Å². The molecule has 2 aromatic rings. The second-order valence-electron chi connectivity index (χ2n) is 3.65. The van der Waals surface area contributed by atoms with Gasteiger partial charge in [0.05, 0.1) is 24.1 Å². The Hall–Kier alpha value is -2.10. The number of para-hydroxylation sites is 1. The summed E-state index contributed by atoms with van der Waals surface area (Å²) < 4.78 is 6.69. The summed E-state index contributed by atoms with van der Waals surface area (Å²) in [6.45, 7) is 2.40. The number of aromatic nitrogens is 2. The molecule has 1 heterocycles. The van der Waals surface area contributed by atoms with Crippen LogP contribution >= 0.6 is 0 Å². The number of esters is 1. The van der Waals surface area contributed by atoms with Crippen molar-refractivity contribution in [2.75, 3.05) is 6.61 Å². The summed E-state index contributed by atoms with van der Waals surface area (Å²) in [5.74, 6) is -0.325. The zero-order valence-electron chi connectivity index (χ0n) is 9.67. The summed E-state index contributed by atoms with van der Waals surface area (Å²) >= 11 is 0. The number of ether oxygens (including phenoxy) is 1. The smallest absolute Gasteiger partial charge is 0.341 e. The lowest BCUT2D eigenvalue weighted by Crippen LogP contribution is -2.04. The second-order valence-corrected chi connectivity index (χ2v) is 3.65. The van der Waals surface area contributed by atoms with Gasteiger partial charge in [-0.1, -0.05) is 25.1 Å². The molecule has 0 radical (unpaired) electrons. The minimum atomic E-state index is -0.325. The van der Waals surface area contributed by atoms with Crippen molar-refractivity contribution in [1.29, 1.82) is 0 Å². The molecule has 0 bridgehead atoms. The SMILES string of the molecule is CCCOC(=O)c1cnn(-c2ccccc2)c1. The van der Waals surface area contributed by atoms with Gasteiger partial charge < -0.3 is 4.74 Å². The largest absolute Gasteiger partial charge is 0.462 e. The van der Waals surface area contributed by atoms with Crippen LogP contribution in [0.25, 0.3) is 5.69 Å². The quantitative estimate of drug-likeness (QED) is 0.758. The van der Waals surface area contributed by atoms with Gasteiger partial charge in [-0.3, -0.25) is 0 Å². The van der Waals surface area contributed by atoms with E-state index in [1.807, 2.05) is 37.3 Å². The van der Waals surface area contributed by atoms with E-state index in [0.717, 1.165) is 12.1 Å². The third kappa shape index (κ3) is 2.72. The second kappa shape index (κ2) is 5.30. The van der Waals surface area contributed by atoms with Gasteiger partial charge in [0, 0.05) is 6.20 Å². The van der Waals surface area contributed by atoms with E-state index in [4.69, 9.17) is 4.74 Å². The summed E-state index contributed by atoms with van der Waals surface area (Å²) in [5, 5.41) is 4.13. The topological polar surface area (TPSA) is 44.1 Å². The van der Waals surface area contributed by atoms with Crippen molar-refractivity contribution in [3.05, 3.63) is 48.3 Å². The Morgan fingerprint density at radius 2 is 2.12 bits per heavy atom. The first-order valence-corrected chi connectivity index (χ1v) is 5.58. The van der Waals surface area contributed by atoms with Crippen LogP contribution in [0.4, 0.5) is 0 Å². The average molecular weight is 230 g/mol. The van der Waals surface area contributed by atoms with Gasteiger partial charge >= 0.3 is 5.97 Å². The van der Waals surface area contributed by atoms with E-state index < -0.39 is 0 Å². The molecule has 0 spiro atoms. The number of carbonyl (C=O) groups is 1. The Bertz CT molecular complexity index is 491. The highest BCUT2D eigenvalue weighted by molar-refractivity contribution is 5.88. The number of nitrogens with zero attached hydrogens (tertiary/aromatic N) is 2. The first-order valence-electron chi connectivity index (χ1n) is 5.58. The summed E-state index contributed by atoms with van der Waals surface area (Å²) in [7, 11) is 0. The molecule has 4 heteroatoms. The number of hydrogen-bond acceptors (Lipinski definition) is 3. The Labute approximate surface area is 99.8 Å². The molecular weight excluding hydrogens is 216 g/mol. The van der Waals surface area contributed by atoms with Crippen LogP contribution in [0.15, 0.2) is 42.7 Å². The predicted molar refractivity (Wildman–Crippen MR) is 64.1 cm³/mol. The highest BCUT2D eigenvalue weighted by atomic mass is 16.5. The molecule has 0 saturated carbocycles. The molecule has 4 nitrogen and oxygen atoms in total. The Morgan fingerprint density at radius 3 is 2.82 bits per heavy atom. The van der Waals surface area contributed by atoms with Crippen LogP contribution in [0, 0.1) is 0 Å². The van der Waals surface area contributed by atoms with Crippen molar-refractivity contribution >= 4 is 5.97 Å². The van der Waals surface area contributed by atoms with Crippen molar-refractivity contribution in [2.24, 2.45) is 0 Å². The molecule has 0 aliphatic carbocycles. The van der Waals surface area contributed by atoms with Crippen molar-refractivity contribution in [3.8, 4) is 5.69 Å². The van der Waals surface area contributed by atoms with E-state index in [0.29, 0.717) is 12.2 Å². The molecule has 0 fully saturated rings. The molecule has 0 saturated heterocycles. The fourth-order valence-corrected chi connectivity index (χ4v) is 1.43. The van der Waals surface area contributed by atoms with Crippen LogP contribution in [-0.4, -0.2) is 22.4 Å². The van der Waals surface area contributed by atoms with Crippen LogP contribution in [0.2, 0.25) is 0 Å². The molecule has 0 unspecified atom stereocenters. The Morgan fingerprint density at radius 1 is 1.35 bits per heavy atom. The summed E-state index contributed by atoms with van der Waals surface area (Å²) in [4.78, 5) is 11.6. The molecular formula is C13H14N2O2. The minimum absolute atomic E-state index is 0.325. The van der Waals surface area contributed by atoms with Crippen LogP contribution in [0.3, 0.4) is 0 Å². The van der Waals surface area contributed by atoms with Gasteiger partial charge in [0.2, 0.25) is 0 Å². The zero-order valence-corrected chi connectivity index (χ0v) is 9.67. The highest BCUT2D eigenvalue weighted by Gasteiger charge is 2.09. The summed E-state index contributed by atoms with van der Waals surface area (Å²) in [5.41, 5.74) is 1.39. The minimum Gasteiger partial charge on any atom is -0.462 e. The fraction of sp³-hybridized carbons (Fsp3) is 0.231. The van der Waals surface area contributed by atoms with E-state index in [2.05, 4.69) is 5.10 Å². The maximum Gasteiger partial charge on any atom is 0.341 e. The van der Waals surface area contributed by atoms with Gasteiger partial charge in [-0.15, -0.1) is 0 Å². The standard InChI is InChI=1S/C13H14N2O2/c1-2-8-17-13(16)11-9-14-15(10-11)12-6-4-3-5-7-12/h3-7,9-10H,2,8H2,1H3. The number of carbonyl (C=O) groups excluding carboxylic acids is 1. The Kier molecular flexibility index (Phi) is 3.55. The van der Waals surface area contributed by atoms with Gasteiger partial charge in [-0.25, -0.2) is 9.48 Å². The van der Waals surface area contributed by atoms with Gasteiger partial charge in [0.15, 0.2) is 0 Å². The first kappa shape index (κ1) is 11.4. The lowest BCUT2D eigenvalue weighted by atomic mass is 10.3. The molecule has 0 aliphatic rings. The third-order valence-corrected chi connectivity index (χ3v) is 2.28. The van der Waals surface area contributed by atoms with Gasteiger partial charge in [0.1, 0.15) is 0 Å². The maximum atomic E-state index is 11.6. The molecule has 0 atom stereocenters. The van der Waals surface area contributed by atoms with Crippen molar-refractivity contribution in [2.45, 2.75) is 13.3 Å². The molecule has 1 aromatic carbocycles. The maximum absolute atomic E-state index is 11.6. The number of benzene rings is 1. The third-order valence-electron chi connectivity index (χ3n) is 2.28. The van der Waals surface area contributed by atoms with Crippen LogP contribution in [-0.2, 0) is 4.74 Å². The van der Waals surface area contributed by atoms with E-state index >= 15 is 0 Å². The first-order chi connectivity index (χ1) is 8.31. The van der Waals surface area contributed by atoms with Gasteiger partial charge in [0.25, 0.3) is 0 Å². The lowest BCUT2D eigenvalue weighted by Gasteiger charge is -2.00. The lowest BCUT2D eigenvalue weighted by molar-refractivity contribution is 0.0505. The molecule has 17 heavy (non-hydrogen) atoms. The fourth-order valence-electron chi connectivity index (χ4n) is 1.43. The molecule has 1 aromatic heterocycles. The summed E-state index contributed by atoms with van der Waals surface area (Å²) in [6.07, 6.45) is 4.01. The van der Waals surface area contributed by atoms with Crippen LogP contribution in [0.1, 0.15) is 23.7 Å². The molecule has 0 amide bonds. The summed E-state index contributed by atoms with van der Waals surface area (Å²) in [6, 6.07) is 9.63. The van der Waals surface area contributed by atoms with E-state index in [9.17, 15) is 4.79 Å². The Balaban J connectivity index is 2.14.